The summed E-state index contributed by atoms with van der Waals surface area (Å²) in [6.45, 7) is 7.78. The smallest absolute Gasteiger partial charge is 0.0633 e. The Balaban J connectivity index is 1.85. The molecule has 0 heterocycles. The van der Waals surface area contributed by atoms with Crippen LogP contribution in [0, 0.1) is 5.41 Å². The van der Waals surface area contributed by atoms with Gasteiger partial charge in [-0.2, -0.15) is 0 Å². The van der Waals surface area contributed by atoms with Gasteiger partial charge in [-0.25, -0.2) is 0 Å². The molecule has 0 N–H and O–H groups in total. The van der Waals surface area contributed by atoms with Crippen molar-refractivity contribution in [2.75, 3.05) is 6.61 Å². The highest BCUT2D eigenvalue weighted by Crippen LogP contribution is 2.47. The monoisotopic (exact) mass is 170 g/mol. The van der Waals surface area contributed by atoms with Crippen molar-refractivity contribution in [1.29, 1.82) is 0 Å². The van der Waals surface area contributed by atoms with Gasteiger partial charge in [-0.1, -0.05) is 40.0 Å². The van der Waals surface area contributed by atoms with Gasteiger partial charge in [0, 0.05) is 6.61 Å². The van der Waals surface area contributed by atoms with Crippen molar-refractivity contribution in [3.05, 3.63) is 0 Å². The molecule has 1 atom stereocenters. The average Bonchev–Trinajstić information content (AvgIpc) is 2.59. The normalized spacial score (nSPS) is 25.8. The molecular formula is C11H22O. The van der Waals surface area contributed by atoms with E-state index in [9.17, 15) is 0 Å². The van der Waals surface area contributed by atoms with Crippen LogP contribution in [0.4, 0.5) is 0 Å². The third-order valence-electron chi connectivity index (χ3n) is 2.74. The summed E-state index contributed by atoms with van der Waals surface area (Å²) in [6, 6.07) is 0. The Hall–Kier alpha value is -0.0400. The van der Waals surface area contributed by atoms with E-state index in [2.05, 4.69) is 20.8 Å². The maximum atomic E-state index is 5.71. The highest BCUT2D eigenvalue weighted by Gasteiger charge is 2.46. The Bertz CT molecular complexity index is 129. The molecule has 0 aromatic carbocycles. The molecule has 0 aromatic heterocycles. The summed E-state index contributed by atoms with van der Waals surface area (Å²) in [5.74, 6) is 0. The fourth-order valence-corrected chi connectivity index (χ4v) is 1.46. The highest BCUT2D eigenvalue weighted by atomic mass is 16.5. The molecule has 0 bridgehead atoms. The van der Waals surface area contributed by atoms with Gasteiger partial charge in [0.2, 0.25) is 0 Å². The van der Waals surface area contributed by atoms with Gasteiger partial charge in [-0.15, -0.1) is 0 Å². The van der Waals surface area contributed by atoms with Crippen LogP contribution in [0.3, 0.4) is 0 Å². The Kier molecular flexibility index (Phi) is 3.57. The number of hydrogen-bond acceptors (Lipinski definition) is 1. The van der Waals surface area contributed by atoms with Crippen LogP contribution in [0.15, 0.2) is 0 Å². The minimum absolute atomic E-state index is 0.491. The predicted octanol–water partition coefficient (Wildman–Crippen LogP) is 3.38. The third-order valence-corrected chi connectivity index (χ3v) is 2.74. The van der Waals surface area contributed by atoms with Crippen LogP contribution < -0.4 is 0 Å². The molecule has 12 heavy (non-hydrogen) atoms. The van der Waals surface area contributed by atoms with Gasteiger partial charge in [0.15, 0.2) is 0 Å². The van der Waals surface area contributed by atoms with Crippen molar-refractivity contribution < 1.29 is 4.74 Å². The molecule has 1 aliphatic rings. The minimum Gasteiger partial charge on any atom is -0.378 e. The first kappa shape index (κ1) is 10.0. The Morgan fingerprint density at radius 2 is 1.92 bits per heavy atom. The molecule has 1 rings (SSSR count). The van der Waals surface area contributed by atoms with Gasteiger partial charge in [0.25, 0.3) is 0 Å². The molecule has 1 aliphatic carbocycles. The first-order valence-corrected chi connectivity index (χ1v) is 5.28. The predicted molar refractivity (Wildman–Crippen MR) is 52.3 cm³/mol. The second-order valence-corrected chi connectivity index (χ2v) is 4.61. The maximum absolute atomic E-state index is 5.71. The summed E-state index contributed by atoms with van der Waals surface area (Å²) < 4.78 is 5.71. The van der Waals surface area contributed by atoms with Crippen molar-refractivity contribution >= 4 is 0 Å². The van der Waals surface area contributed by atoms with Crippen molar-refractivity contribution in [3.63, 3.8) is 0 Å². The van der Waals surface area contributed by atoms with Crippen LogP contribution in [-0.2, 0) is 4.74 Å². The number of hydrogen-bond donors (Lipinski definition) is 0. The molecule has 72 valence electrons. The molecule has 1 nitrogen and oxygen atoms in total. The molecule has 0 aromatic rings. The van der Waals surface area contributed by atoms with E-state index in [0.29, 0.717) is 11.5 Å². The SMILES string of the molecule is CCCCCCO[C@H]1CC1(C)C. The van der Waals surface area contributed by atoms with Crippen LogP contribution in [0.2, 0.25) is 0 Å². The average molecular weight is 170 g/mol. The van der Waals surface area contributed by atoms with E-state index >= 15 is 0 Å². The zero-order chi connectivity index (χ0) is 9.03. The van der Waals surface area contributed by atoms with Gasteiger partial charge in [-0.05, 0) is 18.3 Å². The zero-order valence-electron chi connectivity index (χ0n) is 8.73. The molecule has 0 radical (unpaired) electrons. The molecule has 1 saturated carbocycles. The van der Waals surface area contributed by atoms with Gasteiger partial charge in [0.05, 0.1) is 6.10 Å². The molecular weight excluding hydrogens is 148 g/mol. The Morgan fingerprint density at radius 3 is 2.42 bits per heavy atom. The van der Waals surface area contributed by atoms with Crippen molar-refractivity contribution in [1.82, 2.24) is 0 Å². The summed E-state index contributed by atoms with van der Waals surface area (Å²) in [5, 5.41) is 0. The van der Waals surface area contributed by atoms with Crippen LogP contribution >= 0.6 is 0 Å². The largest absolute Gasteiger partial charge is 0.378 e. The standard InChI is InChI=1S/C11H22O/c1-4-5-6-7-8-12-10-9-11(10,2)3/h10H,4-9H2,1-3H3/t10-/m0/s1. The van der Waals surface area contributed by atoms with E-state index < -0.39 is 0 Å². The number of ether oxygens (including phenoxy) is 1. The van der Waals surface area contributed by atoms with Crippen LogP contribution in [0.25, 0.3) is 0 Å². The molecule has 1 fully saturated rings. The lowest BCUT2D eigenvalue weighted by Crippen LogP contribution is -2.03. The highest BCUT2D eigenvalue weighted by molar-refractivity contribution is 4.96. The van der Waals surface area contributed by atoms with E-state index in [1.165, 1.54) is 32.1 Å². The lowest BCUT2D eigenvalue weighted by molar-refractivity contribution is 0.0929. The number of rotatable bonds is 6. The maximum Gasteiger partial charge on any atom is 0.0633 e. The summed E-state index contributed by atoms with van der Waals surface area (Å²) in [7, 11) is 0. The van der Waals surface area contributed by atoms with E-state index in [1.54, 1.807) is 0 Å². The van der Waals surface area contributed by atoms with E-state index in [1.807, 2.05) is 0 Å². The minimum atomic E-state index is 0.491. The first-order chi connectivity index (χ1) is 5.67. The molecule has 1 heteroatoms. The lowest BCUT2D eigenvalue weighted by Gasteiger charge is -2.04. The molecule has 0 amide bonds. The summed E-state index contributed by atoms with van der Waals surface area (Å²) >= 11 is 0. The third kappa shape index (κ3) is 3.14. The van der Waals surface area contributed by atoms with Crippen molar-refractivity contribution in [2.24, 2.45) is 5.41 Å². The fourth-order valence-electron chi connectivity index (χ4n) is 1.46. The van der Waals surface area contributed by atoms with Crippen LogP contribution in [-0.4, -0.2) is 12.7 Å². The van der Waals surface area contributed by atoms with E-state index in [-0.39, 0.29) is 0 Å². The Labute approximate surface area is 76.5 Å². The summed E-state index contributed by atoms with van der Waals surface area (Å²) in [5.41, 5.74) is 0.491. The van der Waals surface area contributed by atoms with Crippen molar-refractivity contribution in [3.8, 4) is 0 Å². The van der Waals surface area contributed by atoms with Gasteiger partial charge in [0.1, 0.15) is 0 Å². The molecule has 0 unspecified atom stereocenters. The quantitative estimate of drug-likeness (QED) is 0.555. The van der Waals surface area contributed by atoms with E-state index in [0.717, 1.165) is 6.61 Å². The summed E-state index contributed by atoms with van der Waals surface area (Å²) in [6.07, 6.45) is 7.09. The zero-order valence-corrected chi connectivity index (χ0v) is 8.73. The first-order valence-electron chi connectivity index (χ1n) is 5.28. The molecule has 0 spiro atoms. The van der Waals surface area contributed by atoms with Gasteiger partial charge >= 0.3 is 0 Å². The lowest BCUT2D eigenvalue weighted by atomic mass is 10.2. The topological polar surface area (TPSA) is 9.23 Å². The molecule has 0 saturated heterocycles. The van der Waals surface area contributed by atoms with Gasteiger partial charge < -0.3 is 4.74 Å². The van der Waals surface area contributed by atoms with Gasteiger partial charge in [-0.3, -0.25) is 0 Å². The second-order valence-electron chi connectivity index (χ2n) is 4.61. The summed E-state index contributed by atoms with van der Waals surface area (Å²) in [4.78, 5) is 0. The van der Waals surface area contributed by atoms with Crippen LogP contribution in [0.1, 0.15) is 52.9 Å². The molecule has 0 aliphatic heterocycles. The van der Waals surface area contributed by atoms with Crippen molar-refractivity contribution in [2.45, 2.75) is 59.0 Å². The number of unbranched alkanes of at least 4 members (excludes halogenated alkanes) is 3. The second kappa shape index (κ2) is 4.27. The van der Waals surface area contributed by atoms with Crippen LogP contribution in [0.5, 0.6) is 0 Å². The fraction of sp³-hybridized carbons (Fsp3) is 1.00. The Morgan fingerprint density at radius 1 is 1.25 bits per heavy atom. The van der Waals surface area contributed by atoms with E-state index in [4.69, 9.17) is 4.74 Å².